The molecular formula is C23H31NO5. The highest BCUT2D eigenvalue weighted by molar-refractivity contribution is 5.80. The van der Waals surface area contributed by atoms with Crippen molar-refractivity contribution >= 4 is 5.91 Å². The minimum atomic E-state index is -0.643. The van der Waals surface area contributed by atoms with E-state index in [1.165, 1.54) is 7.11 Å². The third-order valence-corrected chi connectivity index (χ3v) is 4.26. The number of carbonyl (C=O) groups is 1. The number of rotatable bonds is 12. The first-order valence-electron chi connectivity index (χ1n) is 9.79. The van der Waals surface area contributed by atoms with Crippen molar-refractivity contribution < 1.29 is 23.7 Å². The van der Waals surface area contributed by atoms with Gasteiger partial charge in [-0.2, -0.15) is 0 Å². The Labute approximate surface area is 173 Å². The predicted molar refractivity (Wildman–Crippen MR) is 112 cm³/mol. The van der Waals surface area contributed by atoms with E-state index in [1.54, 1.807) is 7.11 Å². The summed E-state index contributed by atoms with van der Waals surface area (Å²) in [4.78, 5) is 12.3. The normalized spacial score (nSPS) is 11.9. The number of amides is 1. The van der Waals surface area contributed by atoms with Gasteiger partial charge in [-0.05, 0) is 43.5 Å². The van der Waals surface area contributed by atoms with Crippen LogP contribution >= 0.6 is 0 Å². The summed E-state index contributed by atoms with van der Waals surface area (Å²) in [5.74, 6) is 1.21. The average molecular weight is 402 g/mol. The molecule has 2 aromatic carbocycles. The predicted octanol–water partition coefficient (Wildman–Crippen LogP) is 3.37. The van der Waals surface area contributed by atoms with E-state index >= 15 is 0 Å². The van der Waals surface area contributed by atoms with Crippen molar-refractivity contribution in [2.75, 3.05) is 27.4 Å². The second-order valence-electron chi connectivity index (χ2n) is 6.92. The van der Waals surface area contributed by atoms with E-state index in [0.29, 0.717) is 31.1 Å². The summed E-state index contributed by atoms with van der Waals surface area (Å²) in [6.07, 6.45) is 0.102. The fourth-order valence-corrected chi connectivity index (χ4v) is 2.77. The molecule has 0 aliphatic rings. The van der Waals surface area contributed by atoms with Crippen molar-refractivity contribution in [1.82, 2.24) is 5.32 Å². The molecule has 1 N–H and O–H groups in total. The van der Waals surface area contributed by atoms with E-state index in [-0.39, 0.29) is 18.6 Å². The Morgan fingerprint density at radius 2 is 1.76 bits per heavy atom. The van der Waals surface area contributed by atoms with Gasteiger partial charge in [-0.25, -0.2) is 0 Å². The van der Waals surface area contributed by atoms with E-state index in [9.17, 15) is 4.79 Å². The lowest BCUT2D eigenvalue weighted by molar-refractivity contribution is -0.135. The third kappa shape index (κ3) is 7.75. The first-order chi connectivity index (χ1) is 14.0. The number of hydrogen-bond donors (Lipinski definition) is 1. The minimum Gasteiger partial charge on any atom is -0.493 e. The lowest BCUT2D eigenvalue weighted by Gasteiger charge is -2.16. The first kappa shape index (κ1) is 22.7. The number of benzene rings is 2. The molecule has 0 aliphatic carbocycles. The molecule has 0 heterocycles. The van der Waals surface area contributed by atoms with E-state index in [4.69, 9.17) is 18.9 Å². The van der Waals surface area contributed by atoms with E-state index in [2.05, 4.69) is 5.32 Å². The lowest BCUT2D eigenvalue weighted by atomic mass is 10.1. The fraction of sp³-hybridized carbons (Fsp3) is 0.435. The van der Waals surface area contributed by atoms with Crippen molar-refractivity contribution in [1.29, 1.82) is 0 Å². The zero-order valence-electron chi connectivity index (χ0n) is 17.6. The first-order valence-corrected chi connectivity index (χ1v) is 9.79. The molecule has 6 nitrogen and oxygen atoms in total. The second kappa shape index (κ2) is 12.1. The van der Waals surface area contributed by atoms with Gasteiger partial charge in [0.25, 0.3) is 5.91 Å². The summed E-state index contributed by atoms with van der Waals surface area (Å²) >= 11 is 0. The van der Waals surface area contributed by atoms with Crippen molar-refractivity contribution in [3.63, 3.8) is 0 Å². The lowest BCUT2D eigenvalue weighted by Crippen LogP contribution is -2.39. The van der Waals surface area contributed by atoms with Crippen LogP contribution in [0.5, 0.6) is 11.5 Å². The number of ether oxygens (including phenoxy) is 4. The van der Waals surface area contributed by atoms with Crippen LogP contribution in [0.1, 0.15) is 25.0 Å². The molecule has 0 radical (unpaired) electrons. The molecule has 0 spiro atoms. The molecule has 0 unspecified atom stereocenters. The highest BCUT2D eigenvalue weighted by Gasteiger charge is 2.17. The van der Waals surface area contributed by atoms with Gasteiger partial charge in [0.15, 0.2) is 17.6 Å². The van der Waals surface area contributed by atoms with Gasteiger partial charge in [0.05, 0.1) is 26.4 Å². The maximum absolute atomic E-state index is 12.3. The highest BCUT2D eigenvalue weighted by Crippen LogP contribution is 2.29. The quantitative estimate of drug-likeness (QED) is 0.591. The molecule has 1 amide bonds. The van der Waals surface area contributed by atoms with Gasteiger partial charge in [0, 0.05) is 13.7 Å². The zero-order chi connectivity index (χ0) is 21.1. The van der Waals surface area contributed by atoms with Crippen LogP contribution in [-0.4, -0.2) is 45.5 Å². The molecule has 0 saturated carbocycles. The summed E-state index contributed by atoms with van der Waals surface area (Å²) in [5, 5.41) is 2.90. The molecule has 0 aromatic heterocycles. The second-order valence-corrected chi connectivity index (χ2v) is 6.92. The van der Waals surface area contributed by atoms with E-state index < -0.39 is 6.10 Å². The minimum absolute atomic E-state index is 0.0733. The Morgan fingerprint density at radius 3 is 2.41 bits per heavy atom. The van der Waals surface area contributed by atoms with Crippen LogP contribution in [0.25, 0.3) is 0 Å². The number of carbonyl (C=O) groups excluding carboxylic acids is 1. The number of nitrogens with one attached hydrogen (secondary N) is 1. The van der Waals surface area contributed by atoms with Crippen molar-refractivity contribution in [3.8, 4) is 11.5 Å². The van der Waals surface area contributed by atoms with Crippen LogP contribution in [0.2, 0.25) is 0 Å². The van der Waals surface area contributed by atoms with Gasteiger partial charge in [-0.1, -0.05) is 36.4 Å². The van der Waals surface area contributed by atoms with E-state index in [0.717, 1.165) is 11.1 Å². The Balaban J connectivity index is 1.78. The molecular weight excluding hydrogens is 370 g/mol. The van der Waals surface area contributed by atoms with Gasteiger partial charge >= 0.3 is 0 Å². The van der Waals surface area contributed by atoms with E-state index in [1.807, 2.05) is 62.4 Å². The monoisotopic (exact) mass is 401 g/mol. The van der Waals surface area contributed by atoms with Crippen LogP contribution in [0.3, 0.4) is 0 Å². The van der Waals surface area contributed by atoms with Crippen LogP contribution < -0.4 is 14.8 Å². The van der Waals surface area contributed by atoms with Gasteiger partial charge in [-0.15, -0.1) is 0 Å². The molecule has 6 heteroatoms. The smallest absolute Gasteiger partial charge is 0.251 e. The van der Waals surface area contributed by atoms with Gasteiger partial charge in [0.2, 0.25) is 0 Å². The van der Waals surface area contributed by atoms with Gasteiger partial charge in [0.1, 0.15) is 0 Å². The molecule has 2 aromatic rings. The zero-order valence-corrected chi connectivity index (χ0v) is 17.6. The largest absolute Gasteiger partial charge is 0.493 e. The topological polar surface area (TPSA) is 66.0 Å². The molecule has 0 fully saturated rings. The maximum atomic E-state index is 12.3. The van der Waals surface area contributed by atoms with Crippen LogP contribution in [0.4, 0.5) is 0 Å². The molecule has 0 saturated heterocycles. The van der Waals surface area contributed by atoms with Crippen molar-refractivity contribution in [3.05, 3.63) is 59.7 Å². The maximum Gasteiger partial charge on any atom is 0.251 e. The Bertz CT molecular complexity index is 748. The summed E-state index contributed by atoms with van der Waals surface area (Å²) < 4.78 is 22.0. The molecule has 0 bridgehead atoms. The molecule has 158 valence electrons. The van der Waals surface area contributed by atoms with Gasteiger partial charge < -0.3 is 24.3 Å². The molecule has 2 rings (SSSR count). The Morgan fingerprint density at radius 1 is 1.00 bits per heavy atom. The summed E-state index contributed by atoms with van der Waals surface area (Å²) in [5.41, 5.74) is 2.11. The molecule has 1 atom stereocenters. The van der Waals surface area contributed by atoms with Crippen LogP contribution in [0, 0.1) is 0 Å². The molecule has 0 aliphatic heterocycles. The fourth-order valence-electron chi connectivity index (χ4n) is 2.77. The summed E-state index contributed by atoms with van der Waals surface area (Å²) in [6, 6.07) is 15.6. The summed E-state index contributed by atoms with van der Waals surface area (Å²) in [6.45, 7) is 5.08. The number of methoxy groups -OCH3 is 2. The van der Waals surface area contributed by atoms with Crippen LogP contribution in [0.15, 0.2) is 48.5 Å². The third-order valence-electron chi connectivity index (χ3n) is 4.26. The number of hydrogen-bond acceptors (Lipinski definition) is 5. The van der Waals surface area contributed by atoms with Crippen molar-refractivity contribution in [2.24, 2.45) is 0 Å². The van der Waals surface area contributed by atoms with Crippen LogP contribution in [-0.2, 0) is 27.3 Å². The SMILES string of the molecule is COc1cc(CCNC(=O)[C@H](COCc2ccccc2)OC)ccc1OC(C)C. The van der Waals surface area contributed by atoms with Gasteiger partial charge in [-0.3, -0.25) is 4.79 Å². The average Bonchev–Trinajstić information content (AvgIpc) is 2.72. The summed E-state index contributed by atoms with van der Waals surface area (Å²) in [7, 11) is 3.13. The highest BCUT2D eigenvalue weighted by atomic mass is 16.5. The standard InChI is InChI=1S/C23H31NO5/c1-17(2)29-20-11-10-18(14-21(20)26-3)12-13-24-23(25)22(27-4)16-28-15-19-8-6-5-7-9-19/h5-11,14,17,22H,12-13,15-16H2,1-4H3,(H,24,25)/t22-/m0/s1. The Hall–Kier alpha value is -2.57. The Kier molecular flexibility index (Phi) is 9.47. The van der Waals surface area contributed by atoms with Crippen molar-refractivity contribution in [2.45, 2.75) is 39.1 Å². The molecule has 29 heavy (non-hydrogen) atoms.